The first kappa shape index (κ1) is 11.5. The standard InChI is InChI=1S/C10H8ClFN4O2/c11-8-7-9(14-3-13-8)16(4-15-7)10-6(12)1-5(2-17)18-10/h1,3-5,10,17H,2H2. The fraction of sp³-hybridized carbons (Fsp3) is 0.300. The van der Waals surface area contributed by atoms with Crippen LogP contribution in [0.15, 0.2) is 24.6 Å². The number of fused-ring (bicyclic) bond motifs is 1. The summed E-state index contributed by atoms with van der Waals surface area (Å²) in [5, 5.41) is 9.14. The second-order valence-corrected chi connectivity index (χ2v) is 4.11. The van der Waals surface area contributed by atoms with E-state index in [1.54, 1.807) is 0 Å². The largest absolute Gasteiger partial charge is 0.393 e. The normalized spacial score (nSPS) is 23.6. The zero-order chi connectivity index (χ0) is 12.7. The Labute approximate surface area is 106 Å². The summed E-state index contributed by atoms with van der Waals surface area (Å²) in [5.41, 5.74) is 0.755. The van der Waals surface area contributed by atoms with Crippen molar-refractivity contribution in [2.24, 2.45) is 0 Å². The van der Waals surface area contributed by atoms with Crippen LogP contribution in [0.25, 0.3) is 11.2 Å². The van der Waals surface area contributed by atoms with Crippen molar-refractivity contribution in [3.63, 3.8) is 0 Å². The SMILES string of the molecule is OCC1C=C(F)C(n2cnc3c(Cl)ncnc32)O1. The Bertz CT molecular complexity index is 629. The molecule has 0 aromatic carbocycles. The highest BCUT2D eigenvalue weighted by molar-refractivity contribution is 6.33. The molecule has 0 aliphatic carbocycles. The lowest BCUT2D eigenvalue weighted by atomic mass is 10.3. The van der Waals surface area contributed by atoms with Gasteiger partial charge >= 0.3 is 0 Å². The molecule has 94 valence electrons. The van der Waals surface area contributed by atoms with Gasteiger partial charge in [-0.2, -0.15) is 0 Å². The van der Waals surface area contributed by atoms with Crippen LogP contribution in [0.3, 0.4) is 0 Å². The van der Waals surface area contributed by atoms with Gasteiger partial charge in [-0.15, -0.1) is 0 Å². The van der Waals surface area contributed by atoms with Crippen LogP contribution in [0.2, 0.25) is 5.15 Å². The number of ether oxygens (including phenoxy) is 1. The number of halogens is 2. The van der Waals surface area contributed by atoms with Crippen molar-refractivity contribution >= 4 is 22.8 Å². The quantitative estimate of drug-likeness (QED) is 0.831. The minimum absolute atomic E-state index is 0.194. The molecular formula is C10H8ClFN4O2. The maximum Gasteiger partial charge on any atom is 0.189 e. The van der Waals surface area contributed by atoms with E-state index in [0.717, 1.165) is 0 Å². The van der Waals surface area contributed by atoms with Crippen LogP contribution in [0, 0.1) is 0 Å². The summed E-state index contributed by atoms with van der Waals surface area (Å²) in [6.07, 6.45) is 2.23. The van der Waals surface area contributed by atoms with Gasteiger partial charge in [-0.1, -0.05) is 11.6 Å². The molecule has 3 heterocycles. The maximum absolute atomic E-state index is 13.7. The van der Waals surface area contributed by atoms with Crippen LogP contribution in [0.4, 0.5) is 4.39 Å². The van der Waals surface area contributed by atoms with Crippen LogP contribution in [-0.2, 0) is 4.74 Å². The molecule has 2 unspecified atom stereocenters. The number of aromatic nitrogens is 4. The molecule has 1 aliphatic heterocycles. The summed E-state index contributed by atoms with van der Waals surface area (Å²) in [6.45, 7) is -0.285. The summed E-state index contributed by atoms with van der Waals surface area (Å²) >= 11 is 5.85. The molecule has 8 heteroatoms. The van der Waals surface area contributed by atoms with Gasteiger partial charge in [0.1, 0.15) is 23.8 Å². The van der Waals surface area contributed by atoms with E-state index >= 15 is 0 Å². The molecular weight excluding hydrogens is 263 g/mol. The molecule has 18 heavy (non-hydrogen) atoms. The van der Waals surface area contributed by atoms with Gasteiger partial charge in [-0.25, -0.2) is 19.3 Å². The molecule has 2 aromatic heterocycles. The third kappa shape index (κ3) is 1.67. The fourth-order valence-corrected chi connectivity index (χ4v) is 2.00. The highest BCUT2D eigenvalue weighted by Crippen LogP contribution is 2.32. The van der Waals surface area contributed by atoms with Gasteiger partial charge in [-0.3, -0.25) is 4.57 Å². The fourth-order valence-electron chi connectivity index (χ4n) is 1.82. The summed E-state index contributed by atoms with van der Waals surface area (Å²) < 4.78 is 20.4. The van der Waals surface area contributed by atoms with E-state index in [-0.39, 0.29) is 11.8 Å². The van der Waals surface area contributed by atoms with Crippen molar-refractivity contribution in [3.05, 3.63) is 29.7 Å². The first-order valence-electron chi connectivity index (χ1n) is 5.17. The number of hydrogen-bond acceptors (Lipinski definition) is 5. The minimum atomic E-state index is -0.974. The number of nitrogens with zero attached hydrogens (tertiary/aromatic N) is 4. The first-order valence-corrected chi connectivity index (χ1v) is 5.55. The number of aliphatic hydroxyl groups excluding tert-OH is 1. The molecule has 0 saturated carbocycles. The number of imidazole rings is 1. The van der Waals surface area contributed by atoms with E-state index in [0.29, 0.717) is 11.2 Å². The van der Waals surface area contributed by atoms with Crippen LogP contribution in [0.5, 0.6) is 0 Å². The van der Waals surface area contributed by atoms with Crippen molar-refractivity contribution in [3.8, 4) is 0 Å². The van der Waals surface area contributed by atoms with E-state index in [1.165, 1.54) is 23.3 Å². The van der Waals surface area contributed by atoms with Crippen molar-refractivity contribution in [1.29, 1.82) is 0 Å². The van der Waals surface area contributed by atoms with E-state index in [4.69, 9.17) is 21.4 Å². The molecule has 0 radical (unpaired) electrons. The van der Waals surface area contributed by atoms with Crippen LogP contribution in [-0.4, -0.2) is 37.3 Å². The third-order valence-corrected chi connectivity index (χ3v) is 2.91. The molecule has 1 N–H and O–H groups in total. The Morgan fingerprint density at radius 3 is 3.00 bits per heavy atom. The topological polar surface area (TPSA) is 73.1 Å². The number of rotatable bonds is 2. The van der Waals surface area contributed by atoms with Gasteiger partial charge in [0.15, 0.2) is 17.0 Å². The monoisotopic (exact) mass is 270 g/mol. The molecule has 6 nitrogen and oxygen atoms in total. The van der Waals surface area contributed by atoms with E-state index in [1.807, 2.05) is 0 Å². The molecule has 0 spiro atoms. The van der Waals surface area contributed by atoms with E-state index < -0.39 is 18.2 Å². The lowest BCUT2D eigenvalue weighted by Crippen LogP contribution is -2.16. The molecule has 3 rings (SSSR count). The zero-order valence-corrected chi connectivity index (χ0v) is 9.75. The molecule has 0 amide bonds. The van der Waals surface area contributed by atoms with Crippen LogP contribution < -0.4 is 0 Å². The second kappa shape index (κ2) is 4.27. The smallest absolute Gasteiger partial charge is 0.189 e. The molecule has 0 fully saturated rings. The zero-order valence-electron chi connectivity index (χ0n) is 8.99. The summed E-state index contributed by atoms with van der Waals surface area (Å²) in [4.78, 5) is 11.8. The molecule has 1 aliphatic rings. The molecule has 0 bridgehead atoms. The van der Waals surface area contributed by atoms with Crippen molar-refractivity contribution < 1.29 is 14.2 Å². The molecule has 2 aromatic rings. The minimum Gasteiger partial charge on any atom is -0.393 e. The van der Waals surface area contributed by atoms with Gasteiger partial charge in [0.05, 0.1) is 12.9 Å². The van der Waals surface area contributed by atoms with Gasteiger partial charge in [-0.05, 0) is 6.08 Å². The highest BCUT2D eigenvalue weighted by atomic mass is 35.5. The Hall–Kier alpha value is -1.57. The Kier molecular flexibility index (Phi) is 2.73. The summed E-state index contributed by atoms with van der Waals surface area (Å²) in [7, 11) is 0. The van der Waals surface area contributed by atoms with Crippen LogP contribution in [0.1, 0.15) is 6.23 Å². The predicted octanol–water partition coefficient (Wildman–Crippen LogP) is 1.22. The summed E-state index contributed by atoms with van der Waals surface area (Å²) in [5.74, 6) is -0.497. The summed E-state index contributed by atoms with van der Waals surface area (Å²) in [6, 6.07) is 0. The number of aliphatic hydroxyl groups is 1. The van der Waals surface area contributed by atoms with Crippen molar-refractivity contribution in [1.82, 2.24) is 19.5 Å². The third-order valence-electron chi connectivity index (χ3n) is 2.63. The lowest BCUT2D eigenvalue weighted by molar-refractivity contribution is -0.0174. The Morgan fingerprint density at radius 2 is 2.28 bits per heavy atom. The molecule has 2 atom stereocenters. The van der Waals surface area contributed by atoms with Gasteiger partial charge in [0.2, 0.25) is 0 Å². The van der Waals surface area contributed by atoms with Crippen molar-refractivity contribution in [2.75, 3.05) is 6.61 Å². The first-order chi connectivity index (χ1) is 8.70. The maximum atomic E-state index is 13.7. The highest BCUT2D eigenvalue weighted by Gasteiger charge is 2.30. The predicted molar refractivity (Wildman–Crippen MR) is 60.5 cm³/mol. The average molecular weight is 271 g/mol. The average Bonchev–Trinajstić information content (AvgIpc) is 2.93. The Balaban J connectivity index is 2.06. The van der Waals surface area contributed by atoms with Gasteiger partial charge in [0.25, 0.3) is 0 Å². The number of hydrogen-bond donors (Lipinski definition) is 1. The van der Waals surface area contributed by atoms with Gasteiger partial charge < -0.3 is 9.84 Å². The second-order valence-electron chi connectivity index (χ2n) is 3.75. The van der Waals surface area contributed by atoms with Crippen molar-refractivity contribution in [2.45, 2.75) is 12.3 Å². The molecule has 0 saturated heterocycles. The van der Waals surface area contributed by atoms with Gasteiger partial charge in [0, 0.05) is 0 Å². The van der Waals surface area contributed by atoms with E-state index in [2.05, 4.69) is 15.0 Å². The lowest BCUT2D eigenvalue weighted by Gasteiger charge is -2.14. The van der Waals surface area contributed by atoms with Crippen LogP contribution >= 0.6 is 11.6 Å². The Morgan fingerprint density at radius 1 is 1.44 bits per heavy atom. The van der Waals surface area contributed by atoms with E-state index in [9.17, 15) is 4.39 Å².